The van der Waals surface area contributed by atoms with E-state index in [1.165, 1.54) is 6.08 Å². The van der Waals surface area contributed by atoms with Crippen LogP contribution in [-0.2, 0) is 0 Å². The van der Waals surface area contributed by atoms with E-state index in [-0.39, 0.29) is 12.1 Å². The van der Waals surface area contributed by atoms with Gasteiger partial charge in [0.15, 0.2) is 0 Å². The molecule has 0 fully saturated rings. The van der Waals surface area contributed by atoms with Crippen molar-refractivity contribution in [1.82, 2.24) is 5.32 Å². The maximum atomic E-state index is 12.3. The Hall–Kier alpha value is -1.26. The number of nitrogens with one attached hydrogen (secondary N) is 1. The number of fused-ring (bicyclic) bond motifs is 1. The van der Waals surface area contributed by atoms with Crippen molar-refractivity contribution in [2.45, 2.75) is 33.1 Å². The quantitative estimate of drug-likeness (QED) is 0.682. The zero-order chi connectivity index (χ0) is 12.3. The van der Waals surface area contributed by atoms with Crippen molar-refractivity contribution in [3.63, 3.8) is 0 Å². The molecule has 0 saturated heterocycles. The Morgan fingerprint density at radius 2 is 1.94 bits per heavy atom. The summed E-state index contributed by atoms with van der Waals surface area (Å²) in [4.78, 5) is 3.81. The van der Waals surface area contributed by atoms with Crippen molar-refractivity contribution in [1.29, 1.82) is 0 Å². The highest BCUT2D eigenvalue weighted by Crippen LogP contribution is 2.33. The highest BCUT2D eigenvalue weighted by Gasteiger charge is 2.37. The van der Waals surface area contributed by atoms with Gasteiger partial charge in [-0.15, -0.1) is 0 Å². The predicted molar refractivity (Wildman–Crippen MR) is 58.1 cm³/mol. The van der Waals surface area contributed by atoms with Crippen molar-refractivity contribution in [3.8, 4) is 0 Å². The lowest BCUT2D eigenvalue weighted by atomic mass is 9.96. The molecule has 0 amide bonds. The van der Waals surface area contributed by atoms with E-state index in [0.717, 1.165) is 11.8 Å². The fourth-order valence-electron chi connectivity index (χ4n) is 1.59. The molecule has 2 atom stereocenters. The second-order valence-corrected chi connectivity index (χ2v) is 3.42. The van der Waals surface area contributed by atoms with Crippen LogP contribution in [0.4, 0.5) is 13.2 Å². The topological polar surface area (TPSA) is 24.4 Å². The van der Waals surface area contributed by atoms with Crippen LogP contribution in [0.5, 0.6) is 0 Å². The van der Waals surface area contributed by atoms with Gasteiger partial charge in [0, 0.05) is 12.1 Å². The minimum absolute atomic E-state index is 0.249. The number of dihydropyridines is 1. The van der Waals surface area contributed by atoms with E-state index >= 15 is 0 Å². The minimum Gasteiger partial charge on any atom is -0.369 e. The molecule has 2 rings (SSSR count). The first-order valence-electron chi connectivity index (χ1n) is 5.23. The van der Waals surface area contributed by atoms with Gasteiger partial charge in [-0.05, 0) is 18.7 Å². The first-order valence-corrected chi connectivity index (χ1v) is 5.23. The second kappa shape index (κ2) is 4.72. The average Bonchev–Trinajstić information content (AvgIpc) is 2.62. The zero-order valence-electron chi connectivity index (χ0n) is 9.47. The Labute approximate surface area is 92.9 Å². The van der Waals surface area contributed by atoms with Crippen LogP contribution in [0, 0.1) is 5.92 Å². The molecule has 0 saturated carbocycles. The third-order valence-corrected chi connectivity index (χ3v) is 2.41. The van der Waals surface area contributed by atoms with Crippen LogP contribution in [0.3, 0.4) is 0 Å². The van der Waals surface area contributed by atoms with Crippen LogP contribution >= 0.6 is 0 Å². The van der Waals surface area contributed by atoms with Crippen molar-refractivity contribution in [2.75, 3.05) is 0 Å². The molecule has 0 spiro atoms. The number of hydrogen-bond donors (Lipinski definition) is 1. The molecule has 2 heterocycles. The van der Waals surface area contributed by atoms with Crippen LogP contribution in [0.2, 0.25) is 0 Å². The van der Waals surface area contributed by atoms with Gasteiger partial charge in [-0.1, -0.05) is 19.9 Å². The fraction of sp³-hybridized carbons (Fsp3) is 0.545. The van der Waals surface area contributed by atoms with Gasteiger partial charge in [-0.25, -0.2) is 0 Å². The van der Waals surface area contributed by atoms with Crippen molar-refractivity contribution >= 4 is 6.21 Å². The smallest absolute Gasteiger partial charge is 0.369 e. The molecule has 5 heteroatoms. The van der Waals surface area contributed by atoms with Crippen molar-refractivity contribution in [2.24, 2.45) is 10.9 Å². The highest BCUT2D eigenvalue weighted by atomic mass is 19.4. The van der Waals surface area contributed by atoms with Gasteiger partial charge in [-0.3, -0.25) is 4.99 Å². The summed E-state index contributed by atoms with van der Waals surface area (Å²) >= 11 is 0. The molecule has 2 aliphatic rings. The van der Waals surface area contributed by atoms with Gasteiger partial charge in [0.1, 0.15) is 6.17 Å². The summed E-state index contributed by atoms with van der Waals surface area (Å²) in [6.45, 7) is 5.79. The van der Waals surface area contributed by atoms with Crippen LogP contribution in [0.15, 0.2) is 28.4 Å². The lowest BCUT2D eigenvalue weighted by Gasteiger charge is -2.21. The van der Waals surface area contributed by atoms with Gasteiger partial charge in [0.05, 0.1) is 5.57 Å². The summed E-state index contributed by atoms with van der Waals surface area (Å²) in [6.07, 6.45) is -0.717. The maximum absolute atomic E-state index is 12.3. The molecule has 0 bridgehead atoms. The lowest BCUT2D eigenvalue weighted by Crippen LogP contribution is -2.29. The minimum atomic E-state index is -4.29. The molecule has 2 nitrogen and oxygen atoms in total. The number of nitrogens with zero attached hydrogens (tertiary/aromatic N) is 1. The number of halogens is 3. The van der Waals surface area contributed by atoms with Gasteiger partial charge < -0.3 is 5.32 Å². The van der Waals surface area contributed by atoms with E-state index in [9.17, 15) is 13.2 Å². The molecule has 0 aromatic carbocycles. The Kier molecular flexibility index (Phi) is 3.78. The van der Waals surface area contributed by atoms with E-state index < -0.39 is 11.7 Å². The lowest BCUT2D eigenvalue weighted by molar-refractivity contribution is -0.0862. The molecular formula is C11H15F3N2. The molecule has 0 aliphatic carbocycles. The summed E-state index contributed by atoms with van der Waals surface area (Å²) in [5.41, 5.74) is 0.226. The largest absolute Gasteiger partial charge is 0.417 e. The summed E-state index contributed by atoms with van der Waals surface area (Å²) in [5.74, 6) is -0.253. The Bertz CT molecular complexity index is 340. The van der Waals surface area contributed by atoms with Crippen molar-refractivity contribution < 1.29 is 13.2 Å². The molecule has 1 N–H and O–H groups in total. The van der Waals surface area contributed by atoms with E-state index in [2.05, 4.69) is 10.3 Å². The van der Waals surface area contributed by atoms with Crippen LogP contribution < -0.4 is 5.32 Å². The molecule has 2 unspecified atom stereocenters. The van der Waals surface area contributed by atoms with E-state index in [1.54, 1.807) is 13.1 Å². The summed E-state index contributed by atoms with van der Waals surface area (Å²) in [6, 6.07) is 0. The van der Waals surface area contributed by atoms with Gasteiger partial charge in [-0.2, -0.15) is 13.2 Å². The van der Waals surface area contributed by atoms with Crippen molar-refractivity contribution in [3.05, 3.63) is 23.4 Å². The Morgan fingerprint density at radius 3 is 2.50 bits per heavy atom. The summed E-state index contributed by atoms with van der Waals surface area (Å²) in [5, 5.41) is 2.91. The molecule has 0 radical (unpaired) electrons. The molecule has 90 valence electrons. The number of aliphatic imine (C=N–C) groups is 1. The summed E-state index contributed by atoms with van der Waals surface area (Å²) in [7, 11) is 0. The van der Waals surface area contributed by atoms with Gasteiger partial charge >= 0.3 is 6.18 Å². The first-order chi connectivity index (χ1) is 7.48. The number of rotatable bonds is 0. The van der Waals surface area contributed by atoms with Crippen LogP contribution in [-0.4, -0.2) is 18.6 Å². The molecular weight excluding hydrogens is 217 g/mol. The van der Waals surface area contributed by atoms with Gasteiger partial charge in [0.25, 0.3) is 0 Å². The molecule has 2 aliphatic heterocycles. The van der Waals surface area contributed by atoms with Gasteiger partial charge in [0.2, 0.25) is 0 Å². The van der Waals surface area contributed by atoms with Crippen LogP contribution in [0.1, 0.15) is 20.8 Å². The Balaban J connectivity index is 0.000000606. The molecule has 16 heavy (non-hydrogen) atoms. The van der Waals surface area contributed by atoms with E-state index in [1.807, 2.05) is 13.8 Å². The number of alkyl halides is 3. The van der Waals surface area contributed by atoms with Crippen LogP contribution in [0.25, 0.3) is 0 Å². The number of allylic oxidation sites excluding steroid dienone is 1. The van der Waals surface area contributed by atoms with E-state index in [0.29, 0.717) is 0 Å². The second-order valence-electron chi connectivity index (χ2n) is 3.42. The third-order valence-electron chi connectivity index (χ3n) is 2.41. The molecule has 0 aromatic rings. The summed E-state index contributed by atoms with van der Waals surface area (Å²) < 4.78 is 37.0. The normalized spacial score (nSPS) is 27.1. The monoisotopic (exact) mass is 232 g/mol. The molecule has 0 aromatic heterocycles. The third kappa shape index (κ3) is 2.46. The average molecular weight is 232 g/mol. The maximum Gasteiger partial charge on any atom is 0.417 e. The standard InChI is InChI=1S/C9H9F3N2.C2H6/c1-5-3-13-8-7(5)2-6(4-14-8)9(10,11)12;1-2/h2-4,7-8,13H,1H3;1-2H3. The Morgan fingerprint density at radius 1 is 1.31 bits per heavy atom. The number of hydrogen-bond acceptors (Lipinski definition) is 2. The SMILES string of the molecule is CC.CC1=CNC2N=CC(C(F)(F)F)=CC12. The predicted octanol–water partition coefficient (Wildman–Crippen LogP) is 3.04. The van der Waals surface area contributed by atoms with E-state index in [4.69, 9.17) is 0 Å². The zero-order valence-corrected chi connectivity index (χ0v) is 9.47. The first kappa shape index (κ1) is 12.8. The highest BCUT2D eigenvalue weighted by molar-refractivity contribution is 5.81. The fourth-order valence-corrected chi connectivity index (χ4v) is 1.59.